The largest absolute Gasteiger partial charge is 0.355 e. The molecule has 1 saturated heterocycles. The standard InChI is InChI=1S/C22H26N4O/c23-21(26-22(27)19-7-3-4-12-24-19)13-15-8-10-16(11-9-15)20-14-17-5-1-2-6-18(17)25-20/h1-2,5-6,8-11,14,19,21,24-25H,3-4,7,12-13,23H2,(H,26,27)/t19-,21-/m0/s1. The van der Waals surface area contributed by atoms with Gasteiger partial charge in [-0.3, -0.25) is 4.79 Å². The van der Waals surface area contributed by atoms with Gasteiger partial charge in [0, 0.05) is 23.0 Å². The second-order valence-electron chi connectivity index (χ2n) is 7.29. The zero-order chi connectivity index (χ0) is 18.6. The molecule has 0 radical (unpaired) electrons. The van der Waals surface area contributed by atoms with E-state index >= 15 is 0 Å². The van der Waals surface area contributed by atoms with Gasteiger partial charge in [-0.05, 0) is 42.6 Å². The Hall–Kier alpha value is -2.63. The highest BCUT2D eigenvalue weighted by molar-refractivity contribution is 5.85. The Kier molecular flexibility index (Phi) is 5.23. The van der Waals surface area contributed by atoms with Crippen LogP contribution in [0.2, 0.25) is 0 Å². The number of aromatic nitrogens is 1. The quantitative estimate of drug-likeness (QED) is 0.527. The zero-order valence-corrected chi connectivity index (χ0v) is 15.4. The second kappa shape index (κ2) is 7.94. The van der Waals surface area contributed by atoms with Gasteiger partial charge in [-0.1, -0.05) is 48.9 Å². The number of carbonyl (C=O) groups is 1. The van der Waals surface area contributed by atoms with Gasteiger partial charge < -0.3 is 21.4 Å². The van der Waals surface area contributed by atoms with Crippen molar-refractivity contribution >= 4 is 16.8 Å². The maximum absolute atomic E-state index is 12.3. The highest BCUT2D eigenvalue weighted by Crippen LogP contribution is 2.24. The monoisotopic (exact) mass is 362 g/mol. The van der Waals surface area contributed by atoms with Gasteiger partial charge in [0.2, 0.25) is 5.91 Å². The minimum Gasteiger partial charge on any atom is -0.355 e. The maximum Gasteiger partial charge on any atom is 0.238 e. The number of H-pyrrole nitrogens is 1. The van der Waals surface area contributed by atoms with Crippen LogP contribution in [0.4, 0.5) is 0 Å². The molecule has 0 unspecified atom stereocenters. The Balaban J connectivity index is 1.37. The summed E-state index contributed by atoms with van der Waals surface area (Å²) in [5.41, 5.74) is 10.6. The fourth-order valence-electron chi connectivity index (χ4n) is 3.71. The summed E-state index contributed by atoms with van der Waals surface area (Å²) in [6, 6.07) is 18.7. The van der Waals surface area contributed by atoms with Crippen LogP contribution in [0, 0.1) is 0 Å². The molecule has 1 aromatic heterocycles. The summed E-state index contributed by atoms with van der Waals surface area (Å²) in [4.78, 5) is 15.7. The number of fused-ring (bicyclic) bond motifs is 1. The number of benzene rings is 2. The molecule has 4 rings (SSSR count). The van der Waals surface area contributed by atoms with Crippen LogP contribution >= 0.6 is 0 Å². The number of hydrogen-bond donors (Lipinski definition) is 4. The SMILES string of the molecule is N[C@H](Cc1ccc(-c2cc3ccccc3[nH]2)cc1)NC(=O)[C@@H]1CCCCN1. The first-order valence-electron chi connectivity index (χ1n) is 9.65. The number of nitrogens with one attached hydrogen (secondary N) is 3. The number of nitrogens with two attached hydrogens (primary N) is 1. The summed E-state index contributed by atoms with van der Waals surface area (Å²) < 4.78 is 0. The average molecular weight is 362 g/mol. The Bertz CT molecular complexity index is 876. The first kappa shape index (κ1) is 17.8. The molecule has 0 spiro atoms. The molecule has 140 valence electrons. The van der Waals surface area contributed by atoms with Crippen LogP contribution in [-0.2, 0) is 11.2 Å². The topological polar surface area (TPSA) is 82.9 Å². The summed E-state index contributed by atoms with van der Waals surface area (Å²) in [7, 11) is 0. The summed E-state index contributed by atoms with van der Waals surface area (Å²) >= 11 is 0. The molecule has 5 N–H and O–H groups in total. The zero-order valence-electron chi connectivity index (χ0n) is 15.4. The van der Waals surface area contributed by atoms with Gasteiger partial charge in [-0.15, -0.1) is 0 Å². The number of amides is 1. The van der Waals surface area contributed by atoms with E-state index in [1.54, 1.807) is 0 Å². The number of aromatic amines is 1. The van der Waals surface area contributed by atoms with Gasteiger partial charge in [0.15, 0.2) is 0 Å². The number of carbonyl (C=O) groups excluding carboxylic acids is 1. The van der Waals surface area contributed by atoms with Crippen LogP contribution < -0.4 is 16.4 Å². The Labute approximate surface area is 159 Å². The lowest BCUT2D eigenvalue weighted by molar-refractivity contribution is -0.124. The van der Waals surface area contributed by atoms with Crippen LogP contribution in [0.15, 0.2) is 54.6 Å². The van der Waals surface area contributed by atoms with Crippen molar-refractivity contribution in [1.29, 1.82) is 0 Å². The van der Waals surface area contributed by atoms with E-state index in [-0.39, 0.29) is 18.1 Å². The van der Waals surface area contributed by atoms with E-state index in [9.17, 15) is 4.79 Å². The van der Waals surface area contributed by atoms with Crippen molar-refractivity contribution in [3.05, 3.63) is 60.2 Å². The maximum atomic E-state index is 12.3. The summed E-state index contributed by atoms with van der Waals surface area (Å²) in [5, 5.41) is 7.39. The number of hydrogen-bond acceptors (Lipinski definition) is 3. The smallest absolute Gasteiger partial charge is 0.238 e. The Morgan fingerprint density at radius 1 is 1.15 bits per heavy atom. The molecule has 2 aromatic carbocycles. The van der Waals surface area contributed by atoms with Crippen LogP contribution in [-0.4, -0.2) is 29.6 Å². The summed E-state index contributed by atoms with van der Waals surface area (Å²) in [5.74, 6) is 0.0110. The molecule has 1 aliphatic heterocycles. The lowest BCUT2D eigenvalue weighted by atomic mass is 10.0. The molecular formula is C22H26N4O. The van der Waals surface area contributed by atoms with Gasteiger partial charge in [0.25, 0.3) is 0 Å². The van der Waals surface area contributed by atoms with Crippen LogP contribution in [0.1, 0.15) is 24.8 Å². The van der Waals surface area contributed by atoms with Crippen LogP contribution in [0.5, 0.6) is 0 Å². The Morgan fingerprint density at radius 3 is 2.70 bits per heavy atom. The first-order valence-corrected chi connectivity index (χ1v) is 9.65. The molecule has 27 heavy (non-hydrogen) atoms. The van der Waals surface area contributed by atoms with E-state index in [1.165, 1.54) is 5.39 Å². The van der Waals surface area contributed by atoms with Gasteiger partial charge in [-0.2, -0.15) is 0 Å². The molecule has 0 aliphatic carbocycles. The third-order valence-corrected chi connectivity index (χ3v) is 5.20. The molecule has 2 heterocycles. The van der Waals surface area contributed by atoms with Crippen molar-refractivity contribution < 1.29 is 4.79 Å². The third-order valence-electron chi connectivity index (χ3n) is 5.20. The fourth-order valence-corrected chi connectivity index (χ4v) is 3.71. The van der Waals surface area contributed by atoms with Gasteiger partial charge >= 0.3 is 0 Å². The van der Waals surface area contributed by atoms with E-state index in [0.29, 0.717) is 6.42 Å². The molecule has 1 amide bonds. The average Bonchev–Trinajstić information content (AvgIpc) is 3.13. The molecule has 1 aliphatic rings. The van der Waals surface area contributed by atoms with Crippen molar-refractivity contribution in [3.63, 3.8) is 0 Å². The first-order chi connectivity index (χ1) is 13.2. The van der Waals surface area contributed by atoms with Gasteiger partial charge in [0.05, 0.1) is 12.2 Å². The molecule has 2 atom stereocenters. The van der Waals surface area contributed by atoms with Crippen molar-refractivity contribution in [2.45, 2.75) is 37.9 Å². The van der Waals surface area contributed by atoms with E-state index in [0.717, 1.165) is 48.1 Å². The lowest BCUT2D eigenvalue weighted by Gasteiger charge is -2.24. The van der Waals surface area contributed by atoms with E-state index in [1.807, 2.05) is 12.1 Å². The molecule has 5 nitrogen and oxygen atoms in total. The predicted octanol–water partition coefficient (Wildman–Crippen LogP) is 2.92. The van der Waals surface area contributed by atoms with E-state index < -0.39 is 0 Å². The van der Waals surface area contributed by atoms with Gasteiger partial charge in [-0.25, -0.2) is 0 Å². The molecule has 1 fully saturated rings. The second-order valence-corrected chi connectivity index (χ2v) is 7.29. The fraction of sp³-hybridized carbons (Fsp3) is 0.318. The van der Waals surface area contributed by atoms with Gasteiger partial charge in [0.1, 0.15) is 0 Å². The number of para-hydroxylation sites is 1. The third kappa shape index (κ3) is 4.21. The Morgan fingerprint density at radius 2 is 1.96 bits per heavy atom. The molecule has 0 bridgehead atoms. The summed E-state index contributed by atoms with van der Waals surface area (Å²) in [6.45, 7) is 0.905. The minimum absolute atomic E-state index is 0.0110. The molecule has 5 heteroatoms. The van der Waals surface area contributed by atoms with Crippen LogP contribution in [0.25, 0.3) is 22.2 Å². The van der Waals surface area contributed by atoms with Crippen molar-refractivity contribution in [2.75, 3.05) is 6.54 Å². The van der Waals surface area contributed by atoms with Crippen molar-refractivity contribution in [3.8, 4) is 11.3 Å². The number of piperidine rings is 1. The van der Waals surface area contributed by atoms with E-state index in [2.05, 4.69) is 58.1 Å². The van der Waals surface area contributed by atoms with Crippen molar-refractivity contribution in [2.24, 2.45) is 5.73 Å². The highest BCUT2D eigenvalue weighted by Gasteiger charge is 2.21. The normalized spacial score (nSPS) is 18.3. The molecule has 3 aromatic rings. The molecular weight excluding hydrogens is 336 g/mol. The molecule has 0 saturated carbocycles. The predicted molar refractivity (Wildman–Crippen MR) is 109 cm³/mol. The number of rotatable bonds is 5. The van der Waals surface area contributed by atoms with Crippen molar-refractivity contribution in [1.82, 2.24) is 15.6 Å². The van der Waals surface area contributed by atoms with Crippen LogP contribution in [0.3, 0.4) is 0 Å². The van der Waals surface area contributed by atoms with E-state index in [4.69, 9.17) is 5.73 Å². The summed E-state index contributed by atoms with van der Waals surface area (Å²) in [6.07, 6.45) is 3.36. The lowest BCUT2D eigenvalue weighted by Crippen LogP contribution is -2.52. The highest BCUT2D eigenvalue weighted by atomic mass is 16.2. The minimum atomic E-state index is -0.375.